The van der Waals surface area contributed by atoms with Gasteiger partial charge in [-0.3, -0.25) is 0 Å². The van der Waals surface area contributed by atoms with E-state index in [9.17, 15) is 19.2 Å². The van der Waals surface area contributed by atoms with E-state index in [0.717, 1.165) is 31.7 Å². The molecule has 6 heteroatoms. The molecule has 0 bridgehead atoms. The van der Waals surface area contributed by atoms with Crippen molar-refractivity contribution < 1.29 is 44.1 Å². The molecular formula is C14H10MoO5. The molecule has 0 amide bonds. The molecule has 0 aliphatic carbocycles. The number of aliphatic carboxylic acids is 1. The molecule has 0 atom stereocenters. The Morgan fingerprint density at radius 2 is 1.75 bits per heavy atom. The Morgan fingerprint density at radius 1 is 1.15 bits per heavy atom. The third-order valence-electron chi connectivity index (χ3n) is 2.54. The van der Waals surface area contributed by atoms with Gasteiger partial charge in [0.1, 0.15) is 0 Å². The monoisotopic (exact) mass is 356 g/mol. The number of hydrogen-bond acceptors (Lipinski definition) is 4. The van der Waals surface area contributed by atoms with E-state index in [1.165, 1.54) is 0 Å². The van der Waals surface area contributed by atoms with Gasteiger partial charge in [0.2, 0.25) is 0 Å². The average Bonchev–Trinajstić information content (AvgIpc) is 2.46. The summed E-state index contributed by atoms with van der Waals surface area (Å²) >= 11 is 1.15. The van der Waals surface area contributed by atoms with Crippen LogP contribution in [0.25, 0.3) is 0 Å². The Kier molecular flexibility index (Phi) is 6.19. The minimum atomic E-state index is -1.36. The van der Waals surface area contributed by atoms with Crippen LogP contribution in [0.3, 0.4) is 0 Å². The zero-order chi connectivity index (χ0) is 15.1. The second kappa shape index (κ2) is 7.65. The third-order valence-corrected chi connectivity index (χ3v) is 3.61. The standard InChI is InChI=1S/C14H10O5.Mo/c15-9-13(17)12(16)8-11(14(18)19)7-6-10-4-2-1-3-5-10;/h1-5H,6-7H2,(H,18,19);. The number of aryl methyl sites for hydroxylation is 1. The van der Waals surface area contributed by atoms with Crippen molar-refractivity contribution >= 4 is 23.8 Å². The minimum absolute atomic E-state index is 0.103. The normalized spacial score (nSPS) is 11.4. The fourth-order valence-corrected chi connectivity index (χ4v) is 2.21. The molecular weight excluding hydrogens is 344 g/mol. The molecule has 1 radical (unpaired) electrons. The summed E-state index contributed by atoms with van der Waals surface area (Å²) in [6.07, 6.45) is 1.48. The molecule has 5 nitrogen and oxygen atoms in total. The molecule has 1 aromatic carbocycles. The van der Waals surface area contributed by atoms with Gasteiger partial charge in [0, 0.05) is 0 Å². The third kappa shape index (κ3) is 4.35. The van der Waals surface area contributed by atoms with E-state index in [4.69, 9.17) is 5.11 Å². The van der Waals surface area contributed by atoms with E-state index in [0.29, 0.717) is 6.42 Å². The molecule has 0 heterocycles. The van der Waals surface area contributed by atoms with Crippen LogP contribution in [-0.4, -0.2) is 28.9 Å². The molecule has 102 valence electrons. The predicted molar refractivity (Wildman–Crippen MR) is 65.1 cm³/mol. The van der Waals surface area contributed by atoms with Crippen molar-refractivity contribution in [3.63, 3.8) is 0 Å². The maximum absolute atomic E-state index is 11.5. The molecule has 1 rings (SSSR count). The Balaban J connectivity index is 2.94. The van der Waals surface area contributed by atoms with Crippen molar-refractivity contribution in [3.05, 3.63) is 45.4 Å². The summed E-state index contributed by atoms with van der Waals surface area (Å²) in [6, 6.07) is 9.15. The fourth-order valence-electron chi connectivity index (χ4n) is 1.52. The van der Waals surface area contributed by atoms with Crippen LogP contribution >= 0.6 is 0 Å². The van der Waals surface area contributed by atoms with Crippen LogP contribution in [-0.2, 0) is 45.4 Å². The first-order valence-corrected chi connectivity index (χ1v) is 6.62. The second-order valence-electron chi connectivity index (χ2n) is 3.86. The fraction of sp³-hybridized carbons (Fsp3) is 0.143. The molecule has 20 heavy (non-hydrogen) atoms. The van der Waals surface area contributed by atoms with Gasteiger partial charge in [-0.15, -0.1) is 0 Å². The van der Waals surface area contributed by atoms with E-state index < -0.39 is 17.5 Å². The summed E-state index contributed by atoms with van der Waals surface area (Å²) < 4.78 is -0.211. The zero-order valence-electron chi connectivity index (χ0n) is 10.3. The molecule has 1 N–H and O–H groups in total. The van der Waals surface area contributed by atoms with Gasteiger partial charge in [-0.2, -0.15) is 0 Å². The Morgan fingerprint density at radius 3 is 2.25 bits per heavy atom. The van der Waals surface area contributed by atoms with Gasteiger partial charge in [0.25, 0.3) is 0 Å². The molecule has 0 saturated carbocycles. The Hall–Kier alpha value is -1.87. The topological polar surface area (TPSA) is 88.5 Å². The van der Waals surface area contributed by atoms with E-state index >= 15 is 0 Å². The number of allylic oxidation sites excluding steroid dienone is 1. The summed E-state index contributed by atoms with van der Waals surface area (Å²) in [5.41, 5.74) is 0.758. The number of ketones is 2. The van der Waals surface area contributed by atoms with Crippen LogP contribution in [0.4, 0.5) is 0 Å². The van der Waals surface area contributed by atoms with Crippen molar-refractivity contribution in [1.29, 1.82) is 0 Å². The quantitative estimate of drug-likeness (QED) is 0.338. The second-order valence-corrected chi connectivity index (χ2v) is 4.86. The van der Waals surface area contributed by atoms with Crippen molar-refractivity contribution in [2.45, 2.75) is 12.8 Å². The Bertz CT molecular complexity index is 574. The van der Waals surface area contributed by atoms with Crippen molar-refractivity contribution in [2.24, 2.45) is 0 Å². The predicted octanol–water partition coefficient (Wildman–Crippen LogP) is 0.753. The molecule has 0 aromatic heterocycles. The van der Waals surface area contributed by atoms with Crippen LogP contribution in [0.2, 0.25) is 0 Å². The van der Waals surface area contributed by atoms with Gasteiger partial charge in [-0.1, -0.05) is 0 Å². The summed E-state index contributed by atoms with van der Waals surface area (Å²) in [5, 5.41) is 9.11. The van der Waals surface area contributed by atoms with Gasteiger partial charge < -0.3 is 0 Å². The molecule has 0 fully saturated rings. The number of carbonyl (C=O) groups is 3. The van der Waals surface area contributed by atoms with Gasteiger partial charge in [0.05, 0.1) is 0 Å². The van der Waals surface area contributed by atoms with Crippen LogP contribution in [0.1, 0.15) is 12.0 Å². The molecule has 1 aromatic rings. The number of carbonyl (C=O) groups excluding carboxylic acids is 3. The molecule has 0 aliphatic heterocycles. The zero-order valence-corrected chi connectivity index (χ0v) is 12.3. The van der Waals surface area contributed by atoms with E-state index in [1.807, 2.05) is 30.3 Å². The molecule has 0 saturated heterocycles. The van der Waals surface area contributed by atoms with Gasteiger partial charge in [-0.25, -0.2) is 0 Å². The van der Waals surface area contributed by atoms with Gasteiger partial charge in [0.15, 0.2) is 0 Å². The van der Waals surface area contributed by atoms with Crippen LogP contribution in [0.5, 0.6) is 0 Å². The summed E-state index contributed by atoms with van der Waals surface area (Å²) in [4.78, 5) is 43.8. The number of rotatable bonds is 7. The Labute approximate surface area is 126 Å². The van der Waals surface area contributed by atoms with Gasteiger partial charge >= 0.3 is 126 Å². The molecule has 0 unspecified atom stereocenters. The van der Waals surface area contributed by atoms with Crippen molar-refractivity contribution in [3.8, 4) is 0 Å². The summed E-state index contributed by atoms with van der Waals surface area (Å²) in [7, 11) is 0. The first-order chi connectivity index (χ1) is 9.47. The average molecular weight is 354 g/mol. The number of carboxylic acids is 1. The number of benzene rings is 1. The van der Waals surface area contributed by atoms with E-state index in [-0.39, 0.29) is 16.0 Å². The first kappa shape index (κ1) is 16.2. The van der Waals surface area contributed by atoms with Crippen molar-refractivity contribution in [2.75, 3.05) is 0 Å². The summed E-state index contributed by atoms with van der Waals surface area (Å²) in [6.45, 7) is 0. The van der Waals surface area contributed by atoms with Gasteiger partial charge in [-0.05, 0) is 0 Å². The molecule has 0 aliphatic rings. The first-order valence-electron chi connectivity index (χ1n) is 5.61. The number of carboxylic acid groups (broad SMARTS) is 1. The maximum atomic E-state index is 11.5. The number of hydrogen-bond donors (Lipinski definition) is 1. The number of Topliss-reactive ketones (excluding diaryl/α,β-unsaturated/α-hetero) is 2. The van der Waals surface area contributed by atoms with Crippen molar-refractivity contribution in [1.82, 2.24) is 0 Å². The van der Waals surface area contributed by atoms with Crippen LogP contribution in [0, 0.1) is 0 Å². The molecule has 0 spiro atoms. The van der Waals surface area contributed by atoms with E-state index in [1.54, 1.807) is 0 Å². The summed E-state index contributed by atoms with van der Waals surface area (Å²) in [5.74, 6) is -3.74. The SMILES string of the molecule is O=[C]C(=O)C(=O)[C]([Mo])=C(CCc1ccccc1)C(=O)O. The van der Waals surface area contributed by atoms with Crippen LogP contribution < -0.4 is 0 Å². The van der Waals surface area contributed by atoms with Crippen LogP contribution in [0.15, 0.2) is 39.9 Å². The van der Waals surface area contributed by atoms with E-state index in [2.05, 4.69) is 0 Å².